The van der Waals surface area contributed by atoms with Crippen molar-refractivity contribution in [3.63, 3.8) is 0 Å². The fourth-order valence-electron chi connectivity index (χ4n) is 3.02. The highest BCUT2D eigenvalue weighted by molar-refractivity contribution is 5.68. The molecule has 6 heteroatoms. The van der Waals surface area contributed by atoms with Crippen LogP contribution in [0.4, 0.5) is 9.18 Å². The summed E-state index contributed by atoms with van der Waals surface area (Å²) in [6.07, 6.45) is 6.13. The Kier molecular flexibility index (Phi) is 4.24. The zero-order valence-corrected chi connectivity index (χ0v) is 14.5. The number of imidazole rings is 1. The number of likely N-dealkylation sites (tertiary alicyclic amines) is 1. The van der Waals surface area contributed by atoms with Gasteiger partial charge < -0.3 is 14.0 Å². The smallest absolute Gasteiger partial charge is 0.410 e. The van der Waals surface area contributed by atoms with Gasteiger partial charge in [-0.25, -0.2) is 14.2 Å². The van der Waals surface area contributed by atoms with E-state index in [0.29, 0.717) is 32.4 Å². The van der Waals surface area contributed by atoms with Gasteiger partial charge >= 0.3 is 6.09 Å². The summed E-state index contributed by atoms with van der Waals surface area (Å²) in [5.74, 6) is 0. The molecule has 2 aromatic rings. The number of fused-ring (bicyclic) bond motifs is 1. The average Bonchev–Trinajstić information content (AvgIpc) is 2.93. The minimum Gasteiger partial charge on any atom is -0.444 e. The summed E-state index contributed by atoms with van der Waals surface area (Å²) in [6.45, 7) is 6.27. The van der Waals surface area contributed by atoms with Crippen LogP contribution < -0.4 is 0 Å². The van der Waals surface area contributed by atoms with Crippen molar-refractivity contribution in [1.29, 1.82) is 0 Å². The lowest BCUT2D eigenvalue weighted by atomic mass is 9.87. The van der Waals surface area contributed by atoms with Crippen molar-refractivity contribution in [1.82, 2.24) is 14.3 Å². The van der Waals surface area contributed by atoms with Gasteiger partial charge in [0.15, 0.2) is 0 Å². The molecule has 3 heterocycles. The summed E-state index contributed by atoms with van der Waals surface area (Å²) >= 11 is 0. The first-order valence-corrected chi connectivity index (χ1v) is 8.33. The minimum atomic E-state index is -1.29. The van der Waals surface area contributed by atoms with Crippen LogP contribution in [0, 0.1) is 0 Å². The Morgan fingerprint density at radius 1 is 1.33 bits per heavy atom. The number of carbonyl (C=O) groups is 1. The van der Waals surface area contributed by atoms with Gasteiger partial charge in [0.1, 0.15) is 16.9 Å². The Hall–Kier alpha value is -2.11. The molecule has 3 rings (SSSR count). The van der Waals surface area contributed by atoms with Gasteiger partial charge in [0, 0.05) is 38.1 Å². The van der Waals surface area contributed by atoms with E-state index in [1.165, 1.54) is 0 Å². The number of rotatable bonds is 2. The highest BCUT2D eigenvalue weighted by Gasteiger charge is 2.37. The summed E-state index contributed by atoms with van der Waals surface area (Å²) in [5, 5.41) is 0. The van der Waals surface area contributed by atoms with Gasteiger partial charge in [-0.1, -0.05) is 0 Å². The average molecular weight is 333 g/mol. The molecule has 0 atom stereocenters. The molecule has 0 spiro atoms. The Morgan fingerprint density at radius 2 is 2.04 bits per heavy atom. The number of halogens is 1. The van der Waals surface area contributed by atoms with Crippen LogP contribution in [0.3, 0.4) is 0 Å². The first kappa shape index (κ1) is 16.7. The van der Waals surface area contributed by atoms with Gasteiger partial charge in [-0.2, -0.15) is 0 Å². The molecule has 1 amide bonds. The zero-order chi connectivity index (χ0) is 17.4. The molecule has 0 aliphatic carbocycles. The van der Waals surface area contributed by atoms with Crippen LogP contribution in [0.15, 0.2) is 30.7 Å². The summed E-state index contributed by atoms with van der Waals surface area (Å²) in [6, 6.07) is 3.85. The van der Waals surface area contributed by atoms with Gasteiger partial charge in [0.2, 0.25) is 0 Å². The van der Waals surface area contributed by atoms with E-state index in [1.807, 2.05) is 49.7 Å². The van der Waals surface area contributed by atoms with Crippen molar-refractivity contribution in [2.24, 2.45) is 0 Å². The maximum atomic E-state index is 15.2. The molecule has 24 heavy (non-hydrogen) atoms. The number of piperidine rings is 1. The van der Waals surface area contributed by atoms with Crippen LogP contribution in [0.1, 0.15) is 39.2 Å². The van der Waals surface area contributed by atoms with Crippen molar-refractivity contribution < 1.29 is 13.9 Å². The van der Waals surface area contributed by atoms with Gasteiger partial charge in [-0.05, 0) is 51.3 Å². The molecule has 130 valence electrons. The summed E-state index contributed by atoms with van der Waals surface area (Å²) in [5.41, 5.74) is -0.0612. The maximum absolute atomic E-state index is 15.2. The second-order valence-corrected chi connectivity index (χ2v) is 7.52. The standard InChI is InChI=1S/C18H24FN3O2/c1-17(2,3)24-16(23)22-9-5-18(19,6-10-22)13-14-4-8-21-11-7-20-15(21)12-14/h4,7-8,11-12H,5-6,9-10,13H2,1-3H3. The lowest BCUT2D eigenvalue weighted by molar-refractivity contribution is 0.00340. The number of aromatic nitrogens is 2. The Bertz CT molecular complexity index is 727. The Balaban J connectivity index is 1.61. The van der Waals surface area contributed by atoms with E-state index in [4.69, 9.17) is 4.74 Å². The second kappa shape index (κ2) is 6.07. The van der Waals surface area contributed by atoms with Crippen molar-refractivity contribution in [3.8, 4) is 0 Å². The molecule has 1 aliphatic heterocycles. The fraction of sp³-hybridized carbons (Fsp3) is 0.556. The Morgan fingerprint density at radius 3 is 2.71 bits per heavy atom. The summed E-state index contributed by atoms with van der Waals surface area (Å²) in [7, 11) is 0. The third kappa shape index (κ3) is 3.86. The molecule has 0 saturated carbocycles. The van der Waals surface area contributed by atoms with Crippen molar-refractivity contribution in [2.45, 2.75) is 51.3 Å². The normalized spacial score (nSPS) is 17.9. The molecule has 0 N–H and O–H groups in total. The van der Waals surface area contributed by atoms with Crippen LogP contribution in [0.25, 0.3) is 5.65 Å². The topological polar surface area (TPSA) is 46.8 Å². The van der Waals surface area contributed by atoms with Crippen LogP contribution in [0.2, 0.25) is 0 Å². The molecule has 1 saturated heterocycles. The molecule has 0 radical (unpaired) electrons. The number of ether oxygens (including phenoxy) is 1. The molecular weight excluding hydrogens is 309 g/mol. The highest BCUT2D eigenvalue weighted by atomic mass is 19.1. The van der Waals surface area contributed by atoms with Crippen molar-refractivity contribution >= 4 is 11.7 Å². The maximum Gasteiger partial charge on any atom is 0.410 e. The number of alkyl halides is 1. The van der Waals surface area contributed by atoms with E-state index < -0.39 is 11.3 Å². The van der Waals surface area contributed by atoms with Crippen molar-refractivity contribution in [2.75, 3.05) is 13.1 Å². The molecule has 0 bridgehead atoms. The predicted molar refractivity (Wildman–Crippen MR) is 89.8 cm³/mol. The lowest BCUT2D eigenvalue weighted by Crippen LogP contribution is -2.47. The van der Waals surface area contributed by atoms with E-state index in [0.717, 1.165) is 11.2 Å². The first-order chi connectivity index (χ1) is 11.2. The van der Waals surface area contributed by atoms with Gasteiger partial charge in [-0.15, -0.1) is 0 Å². The quantitative estimate of drug-likeness (QED) is 0.843. The molecule has 0 aromatic carbocycles. The third-order valence-electron chi connectivity index (χ3n) is 4.29. The highest BCUT2D eigenvalue weighted by Crippen LogP contribution is 2.31. The minimum absolute atomic E-state index is 0.325. The zero-order valence-electron chi connectivity index (χ0n) is 14.5. The molecule has 1 aliphatic rings. The van der Waals surface area contributed by atoms with Gasteiger partial charge in [-0.3, -0.25) is 0 Å². The van der Waals surface area contributed by atoms with E-state index >= 15 is 4.39 Å². The molecular formula is C18H24FN3O2. The number of pyridine rings is 1. The van der Waals surface area contributed by atoms with Crippen LogP contribution in [-0.4, -0.2) is 44.7 Å². The molecule has 2 aromatic heterocycles. The monoisotopic (exact) mass is 333 g/mol. The van der Waals surface area contributed by atoms with Gasteiger partial charge in [0.05, 0.1) is 0 Å². The van der Waals surface area contributed by atoms with Crippen LogP contribution in [-0.2, 0) is 11.2 Å². The van der Waals surface area contributed by atoms with E-state index in [2.05, 4.69) is 4.98 Å². The molecule has 0 unspecified atom stereocenters. The Labute approximate surface area is 141 Å². The first-order valence-electron chi connectivity index (χ1n) is 8.33. The third-order valence-corrected chi connectivity index (χ3v) is 4.29. The summed E-state index contributed by atoms with van der Waals surface area (Å²) < 4.78 is 22.4. The van der Waals surface area contributed by atoms with Crippen molar-refractivity contribution in [3.05, 3.63) is 36.3 Å². The number of carbonyl (C=O) groups excluding carboxylic acids is 1. The van der Waals surface area contributed by atoms with Crippen LogP contribution >= 0.6 is 0 Å². The number of nitrogens with zero attached hydrogens (tertiary/aromatic N) is 3. The SMILES string of the molecule is CC(C)(C)OC(=O)N1CCC(F)(Cc2ccn3ccnc3c2)CC1. The van der Waals surface area contributed by atoms with E-state index in [1.54, 1.807) is 11.1 Å². The second-order valence-electron chi connectivity index (χ2n) is 7.52. The van der Waals surface area contributed by atoms with Gasteiger partial charge in [0.25, 0.3) is 0 Å². The molecule has 5 nitrogen and oxygen atoms in total. The van der Waals surface area contributed by atoms with Crippen LogP contribution in [0.5, 0.6) is 0 Å². The largest absolute Gasteiger partial charge is 0.444 e. The summed E-state index contributed by atoms with van der Waals surface area (Å²) in [4.78, 5) is 17.9. The molecule has 1 fully saturated rings. The number of amides is 1. The predicted octanol–water partition coefficient (Wildman–Crippen LogP) is 3.62. The fourth-order valence-corrected chi connectivity index (χ4v) is 3.02. The number of hydrogen-bond donors (Lipinski definition) is 0. The lowest BCUT2D eigenvalue weighted by Gasteiger charge is -2.37. The number of hydrogen-bond acceptors (Lipinski definition) is 3. The van der Waals surface area contributed by atoms with E-state index in [9.17, 15) is 4.79 Å². The van der Waals surface area contributed by atoms with E-state index in [-0.39, 0.29) is 6.09 Å².